The predicted octanol–water partition coefficient (Wildman–Crippen LogP) is 13.3. The number of thiophene rings is 1. The molecule has 0 saturated carbocycles. The van der Waals surface area contributed by atoms with Gasteiger partial charge < -0.3 is 4.57 Å². The minimum atomic E-state index is 1.16. The third kappa shape index (κ3) is 4.17. The van der Waals surface area contributed by atoms with Crippen molar-refractivity contribution in [3.63, 3.8) is 0 Å². The fraction of sp³-hybridized carbons (Fsp3) is 0. The Morgan fingerprint density at radius 2 is 0.854 bits per heavy atom. The van der Waals surface area contributed by atoms with Crippen molar-refractivity contribution in [3.8, 4) is 39.1 Å². The van der Waals surface area contributed by atoms with Gasteiger partial charge in [0.15, 0.2) is 0 Å². The zero-order chi connectivity index (χ0) is 31.6. The van der Waals surface area contributed by atoms with Gasteiger partial charge in [-0.3, -0.25) is 0 Å². The summed E-state index contributed by atoms with van der Waals surface area (Å²) in [6, 6.07) is 64.2. The zero-order valence-electron chi connectivity index (χ0n) is 26.1. The van der Waals surface area contributed by atoms with Gasteiger partial charge in [0.1, 0.15) is 0 Å². The van der Waals surface area contributed by atoms with Crippen LogP contribution in [0.1, 0.15) is 0 Å². The van der Waals surface area contributed by atoms with Gasteiger partial charge in [-0.15, -0.1) is 11.3 Å². The molecule has 0 aliphatic carbocycles. The Labute approximate surface area is 282 Å². The molecule has 1 nitrogen and oxygen atoms in total. The van der Waals surface area contributed by atoms with E-state index in [1.165, 1.54) is 86.1 Å². The van der Waals surface area contributed by atoms with Crippen LogP contribution in [0.3, 0.4) is 0 Å². The molecule has 0 atom stereocenters. The fourth-order valence-electron chi connectivity index (χ4n) is 7.54. The molecular formula is C46H29NS. The summed E-state index contributed by atoms with van der Waals surface area (Å²) in [5.41, 5.74) is 11.0. The molecule has 0 aliphatic rings. The van der Waals surface area contributed by atoms with Crippen LogP contribution < -0.4 is 0 Å². The lowest BCUT2D eigenvalue weighted by atomic mass is 9.96. The molecule has 8 aromatic carbocycles. The molecule has 48 heavy (non-hydrogen) atoms. The highest BCUT2D eigenvalue weighted by Gasteiger charge is 2.22. The number of rotatable bonds is 4. The minimum Gasteiger partial charge on any atom is -0.309 e. The van der Waals surface area contributed by atoms with Gasteiger partial charge in [-0.05, 0) is 69.8 Å². The molecule has 0 radical (unpaired) electrons. The van der Waals surface area contributed by atoms with Gasteiger partial charge in [-0.25, -0.2) is 0 Å². The lowest BCUT2D eigenvalue weighted by Crippen LogP contribution is -1.95. The zero-order valence-corrected chi connectivity index (χ0v) is 26.9. The Morgan fingerprint density at radius 1 is 0.354 bits per heavy atom. The van der Waals surface area contributed by atoms with Crippen LogP contribution in [0.25, 0.3) is 91.8 Å². The second-order valence-electron chi connectivity index (χ2n) is 12.5. The summed E-state index contributed by atoms with van der Waals surface area (Å²) in [4.78, 5) is 0. The summed E-state index contributed by atoms with van der Waals surface area (Å²) in [6.45, 7) is 0. The first kappa shape index (κ1) is 27.2. The summed E-state index contributed by atoms with van der Waals surface area (Å²) < 4.78 is 5.16. The van der Waals surface area contributed by atoms with Gasteiger partial charge in [0.2, 0.25) is 0 Å². The van der Waals surface area contributed by atoms with Crippen LogP contribution in [-0.4, -0.2) is 4.57 Å². The van der Waals surface area contributed by atoms with E-state index >= 15 is 0 Å². The van der Waals surface area contributed by atoms with Gasteiger partial charge in [0, 0.05) is 47.4 Å². The Kier molecular flexibility index (Phi) is 6.12. The summed E-state index contributed by atoms with van der Waals surface area (Å²) in [5, 5.41) is 7.83. The quantitative estimate of drug-likeness (QED) is 0.183. The number of benzene rings is 8. The highest BCUT2D eigenvalue weighted by Crippen LogP contribution is 2.49. The molecule has 0 fully saturated rings. The molecule has 10 aromatic rings. The Bertz CT molecular complexity index is 2790. The summed E-state index contributed by atoms with van der Waals surface area (Å²) >= 11 is 1.91. The van der Waals surface area contributed by atoms with E-state index in [1.54, 1.807) is 0 Å². The van der Waals surface area contributed by atoms with E-state index in [-0.39, 0.29) is 0 Å². The van der Waals surface area contributed by atoms with Crippen LogP contribution in [0.15, 0.2) is 176 Å². The smallest absolute Gasteiger partial charge is 0.0626 e. The maximum Gasteiger partial charge on any atom is 0.0626 e. The van der Waals surface area contributed by atoms with Crippen molar-refractivity contribution >= 4 is 64.1 Å². The molecule has 0 spiro atoms. The highest BCUT2D eigenvalue weighted by atomic mass is 32.1. The monoisotopic (exact) mass is 627 g/mol. The number of nitrogens with zero attached hydrogens (tertiary/aromatic N) is 1. The van der Waals surface area contributed by atoms with Crippen molar-refractivity contribution in [2.24, 2.45) is 0 Å². The Morgan fingerprint density at radius 3 is 1.50 bits per heavy atom. The van der Waals surface area contributed by atoms with E-state index < -0.39 is 0 Å². The lowest BCUT2D eigenvalue weighted by molar-refractivity contribution is 1.19. The fourth-order valence-corrected chi connectivity index (χ4v) is 8.77. The third-order valence-corrected chi connectivity index (χ3v) is 11.0. The molecular weight excluding hydrogens is 599 g/mol. The lowest BCUT2D eigenvalue weighted by Gasteiger charge is -2.12. The molecule has 0 amide bonds. The summed E-state index contributed by atoms with van der Waals surface area (Å²) in [6.07, 6.45) is 0. The van der Waals surface area contributed by atoms with Gasteiger partial charge in [0.05, 0.1) is 11.0 Å². The van der Waals surface area contributed by atoms with E-state index in [0.29, 0.717) is 0 Å². The van der Waals surface area contributed by atoms with Crippen molar-refractivity contribution in [1.82, 2.24) is 4.57 Å². The third-order valence-electron chi connectivity index (χ3n) is 9.78. The van der Waals surface area contributed by atoms with E-state index in [4.69, 9.17) is 0 Å². The first-order chi connectivity index (χ1) is 23.8. The molecule has 2 aromatic heterocycles. The molecule has 10 rings (SSSR count). The van der Waals surface area contributed by atoms with Crippen molar-refractivity contribution < 1.29 is 0 Å². The highest BCUT2D eigenvalue weighted by molar-refractivity contribution is 7.27. The molecule has 0 aliphatic heterocycles. The van der Waals surface area contributed by atoms with Crippen LogP contribution in [0.5, 0.6) is 0 Å². The summed E-state index contributed by atoms with van der Waals surface area (Å²) in [7, 11) is 0. The second kappa shape index (κ2) is 10.8. The Hall–Kier alpha value is -5.96. The van der Waals surface area contributed by atoms with E-state index in [0.717, 1.165) is 5.69 Å². The Balaban J connectivity index is 1.36. The molecule has 2 heteroatoms. The number of fused-ring (bicyclic) bond motifs is 10. The van der Waals surface area contributed by atoms with E-state index in [9.17, 15) is 0 Å². The minimum absolute atomic E-state index is 1.16. The molecule has 2 heterocycles. The maximum absolute atomic E-state index is 2.50. The first-order valence-corrected chi connectivity index (χ1v) is 17.3. The average molecular weight is 628 g/mol. The molecule has 0 N–H and O–H groups in total. The molecule has 0 saturated heterocycles. The number of hydrogen-bond acceptors (Lipinski definition) is 1. The second-order valence-corrected chi connectivity index (χ2v) is 13.6. The molecule has 0 unspecified atom stereocenters. The van der Waals surface area contributed by atoms with Crippen LogP contribution >= 0.6 is 11.3 Å². The number of hydrogen-bond donors (Lipinski definition) is 0. The predicted molar refractivity (Wildman–Crippen MR) is 207 cm³/mol. The SMILES string of the molecule is c1ccc(-c2ccc(-n3c4ccc(-c5ccccc5)cc4c4c5c6cc(-c7ccccc7)ccc6sc5c5ccccc5c43)cc2)cc1. The van der Waals surface area contributed by atoms with Crippen molar-refractivity contribution in [3.05, 3.63) is 176 Å². The molecule has 224 valence electrons. The van der Waals surface area contributed by atoms with Crippen LogP contribution in [0.2, 0.25) is 0 Å². The summed E-state index contributed by atoms with van der Waals surface area (Å²) in [5.74, 6) is 0. The van der Waals surface area contributed by atoms with Gasteiger partial charge in [-0.2, -0.15) is 0 Å². The van der Waals surface area contributed by atoms with E-state index in [1.807, 2.05) is 11.3 Å². The normalized spacial score (nSPS) is 11.8. The van der Waals surface area contributed by atoms with Crippen molar-refractivity contribution in [2.45, 2.75) is 0 Å². The van der Waals surface area contributed by atoms with Crippen LogP contribution in [-0.2, 0) is 0 Å². The first-order valence-electron chi connectivity index (χ1n) is 16.4. The van der Waals surface area contributed by atoms with Gasteiger partial charge in [-0.1, -0.05) is 140 Å². The largest absolute Gasteiger partial charge is 0.309 e. The standard InChI is InChI=1S/C46H29NS/c1-4-12-30(13-5-1)33-20-24-36(25-21-33)47-41-26-22-34(31-14-6-2-7-15-31)28-39(41)43-44-40-29-35(32-16-8-3-9-17-32)23-27-42(40)48-46(44)38-19-11-10-18-37(38)45(43)47/h1-29H. The maximum atomic E-state index is 2.50. The number of aromatic nitrogens is 1. The van der Waals surface area contributed by atoms with Gasteiger partial charge in [0.25, 0.3) is 0 Å². The van der Waals surface area contributed by atoms with Crippen molar-refractivity contribution in [1.29, 1.82) is 0 Å². The van der Waals surface area contributed by atoms with Crippen LogP contribution in [0.4, 0.5) is 0 Å². The molecule has 0 bridgehead atoms. The topological polar surface area (TPSA) is 4.93 Å². The van der Waals surface area contributed by atoms with Gasteiger partial charge >= 0.3 is 0 Å². The average Bonchev–Trinajstić information content (AvgIpc) is 3.72. The van der Waals surface area contributed by atoms with Crippen molar-refractivity contribution in [2.75, 3.05) is 0 Å². The van der Waals surface area contributed by atoms with Crippen LogP contribution in [0, 0.1) is 0 Å². The van der Waals surface area contributed by atoms with E-state index in [2.05, 4.69) is 180 Å².